The van der Waals surface area contributed by atoms with Gasteiger partial charge in [0.15, 0.2) is 0 Å². The van der Waals surface area contributed by atoms with E-state index >= 15 is 0 Å². The van der Waals surface area contributed by atoms with Gasteiger partial charge in [0.05, 0.1) is 29.1 Å². The van der Waals surface area contributed by atoms with E-state index in [0.717, 1.165) is 50.2 Å². The molecule has 0 saturated carbocycles. The number of hydrogen-bond acceptors (Lipinski definition) is 6. The number of sulfonamides is 1. The standard InChI is InChI=1S/C23H35N5O4S/c1-3-10-27-11-8-18(9-12-27)24-23(29)7-6-22-25-20-17-19(4-5-21(20)26(22)2)33(30,31)28-13-15-32-16-14-28/h4-5,17-18H,3,6-16H2,1-2H3,(H,24,29). The van der Waals surface area contributed by atoms with Crippen LogP contribution in [0.25, 0.3) is 11.0 Å². The first kappa shape index (κ1) is 24.1. The molecule has 2 aliphatic rings. The number of amides is 1. The molecule has 1 amide bonds. The Morgan fingerprint density at radius 1 is 1.18 bits per heavy atom. The van der Waals surface area contributed by atoms with Gasteiger partial charge in [-0.15, -0.1) is 0 Å². The van der Waals surface area contributed by atoms with E-state index in [1.807, 2.05) is 11.6 Å². The predicted octanol–water partition coefficient (Wildman–Crippen LogP) is 1.52. The fourth-order valence-electron chi connectivity index (χ4n) is 4.69. The average Bonchev–Trinajstić information content (AvgIpc) is 3.14. The first-order valence-corrected chi connectivity index (χ1v) is 13.4. The second-order valence-electron chi connectivity index (χ2n) is 8.94. The van der Waals surface area contributed by atoms with Crippen molar-refractivity contribution in [3.05, 3.63) is 24.0 Å². The largest absolute Gasteiger partial charge is 0.379 e. The number of hydrogen-bond donors (Lipinski definition) is 1. The molecule has 0 radical (unpaired) electrons. The molecule has 10 heteroatoms. The van der Waals surface area contributed by atoms with E-state index in [0.29, 0.717) is 44.7 Å². The van der Waals surface area contributed by atoms with Crippen molar-refractivity contribution in [2.45, 2.75) is 50.0 Å². The van der Waals surface area contributed by atoms with Crippen LogP contribution < -0.4 is 5.32 Å². The third-order valence-corrected chi connectivity index (χ3v) is 8.52. The van der Waals surface area contributed by atoms with E-state index in [-0.39, 0.29) is 16.8 Å². The highest BCUT2D eigenvalue weighted by molar-refractivity contribution is 7.89. The number of aromatic nitrogens is 2. The smallest absolute Gasteiger partial charge is 0.243 e. The molecule has 1 aromatic heterocycles. The number of benzene rings is 1. The monoisotopic (exact) mass is 477 g/mol. The maximum atomic E-state index is 13.0. The normalized spacial score (nSPS) is 19.2. The van der Waals surface area contributed by atoms with Crippen molar-refractivity contribution in [3.8, 4) is 0 Å². The van der Waals surface area contributed by atoms with Crippen LogP contribution in [0, 0.1) is 0 Å². The minimum absolute atomic E-state index is 0.0478. The molecule has 2 fully saturated rings. The molecule has 33 heavy (non-hydrogen) atoms. The van der Waals surface area contributed by atoms with Crippen LogP contribution in [0.15, 0.2) is 23.1 Å². The molecule has 4 rings (SSSR count). The zero-order valence-electron chi connectivity index (χ0n) is 19.6. The van der Waals surface area contributed by atoms with E-state index in [9.17, 15) is 13.2 Å². The minimum atomic E-state index is -3.57. The lowest BCUT2D eigenvalue weighted by Gasteiger charge is -2.32. The minimum Gasteiger partial charge on any atom is -0.379 e. The SMILES string of the molecule is CCCN1CCC(NC(=O)CCc2nc3cc(S(=O)(=O)N4CCOCC4)ccc3n2C)CC1. The number of ether oxygens (including phenoxy) is 1. The van der Waals surface area contributed by atoms with E-state index in [1.54, 1.807) is 18.2 Å². The number of nitrogens with zero attached hydrogens (tertiary/aromatic N) is 4. The zero-order valence-corrected chi connectivity index (χ0v) is 20.4. The summed E-state index contributed by atoms with van der Waals surface area (Å²) in [5.74, 6) is 0.824. The van der Waals surface area contributed by atoms with E-state index in [2.05, 4.69) is 22.1 Å². The highest BCUT2D eigenvalue weighted by Crippen LogP contribution is 2.23. The third kappa shape index (κ3) is 5.56. The van der Waals surface area contributed by atoms with Crippen LogP contribution in [0.4, 0.5) is 0 Å². The molecular weight excluding hydrogens is 442 g/mol. The summed E-state index contributed by atoms with van der Waals surface area (Å²) in [5, 5.41) is 3.17. The number of rotatable bonds is 8. The van der Waals surface area contributed by atoms with Crippen LogP contribution >= 0.6 is 0 Å². The Morgan fingerprint density at radius 3 is 2.61 bits per heavy atom. The lowest BCUT2D eigenvalue weighted by atomic mass is 10.0. The number of likely N-dealkylation sites (tertiary alicyclic amines) is 1. The molecular formula is C23H35N5O4S. The molecule has 0 unspecified atom stereocenters. The van der Waals surface area contributed by atoms with Crippen molar-refractivity contribution < 1.29 is 17.9 Å². The van der Waals surface area contributed by atoms with Crippen LogP contribution in [0.2, 0.25) is 0 Å². The number of fused-ring (bicyclic) bond motifs is 1. The summed E-state index contributed by atoms with van der Waals surface area (Å²) < 4.78 is 34.6. The van der Waals surface area contributed by atoms with Crippen LogP contribution in [-0.4, -0.2) is 85.1 Å². The second-order valence-corrected chi connectivity index (χ2v) is 10.9. The maximum absolute atomic E-state index is 13.0. The third-order valence-electron chi connectivity index (χ3n) is 6.62. The Kier molecular flexibility index (Phi) is 7.68. The highest BCUT2D eigenvalue weighted by atomic mass is 32.2. The summed E-state index contributed by atoms with van der Waals surface area (Å²) in [6, 6.07) is 5.31. The summed E-state index contributed by atoms with van der Waals surface area (Å²) in [6.45, 7) is 6.95. The van der Waals surface area contributed by atoms with Gasteiger partial charge in [0, 0.05) is 52.1 Å². The van der Waals surface area contributed by atoms with Crippen LogP contribution in [0.3, 0.4) is 0 Å². The molecule has 0 spiro atoms. The molecule has 1 N–H and O–H groups in total. The number of nitrogens with one attached hydrogen (secondary N) is 1. The Labute approximate surface area is 196 Å². The molecule has 2 aliphatic heterocycles. The summed E-state index contributed by atoms with van der Waals surface area (Å²) in [6.07, 6.45) is 4.04. The molecule has 9 nitrogen and oxygen atoms in total. The van der Waals surface area contributed by atoms with Gasteiger partial charge in [0.25, 0.3) is 0 Å². The Morgan fingerprint density at radius 2 is 1.91 bits per heavy atom. The van der Waals surface area contributed by atoms with Gasteiger partial charge in [-0.05, 0) is 44.0 Å². The summed E-state index contributed by atoms with van der Waals surface area (Å²) >= 11 is 0. The molecule has 0 aliphatic carbocycles. The van der Waals surface area contributed by atoms with Gasteiger partial charge in [-0.1, -0.05) is 6.92 Å². The molecule has 1 aromatic carbocycles. The molecule has 3 heterocycles. The van der Waals surface area contributed by atoms with Gasteiger partial charge in [-0.25, -0.2) is 13.4 Å². The topological polar surface area (TPSA) is 96.8 Å². The van der Waals surface area contributed by atoms with E-state index < -0.39 is 10.0 Å². The number of aryl methyl sites for hydroxylation is 2. The quantitative estimate of drug-likeness (QED) is 0.619. The van der Waals surface area contributed by atoms with Gasteiger partial charge in [-0.3, -0.25) is 4.79 Å². The number of imidazole rings is 1. The Balaban J connectivity index is 1.37. The van der Waals surface area contributed by atoms with Crippen molar-refractivity contribution in [2.75, 3.05) is 45.9 Å². The Bertz CT molecular complexity index is 1070. The van der Waals surface area contributed by atoms with Crippen molar-refractivity contribution in [1.82, 2.24) is 24.1 Å². The molecule has 182 valence electrons. The highest BCUT2D eigenvalue weighted by Gasteiger charge is 2.27. The van der Waals surface area contributed by atoms with Gasteiger partial charge in [0.1, 0.15) is 5.82 Å². The molecule has 2 saturated heterocycles. The summed E-state index contributed by atoms with van der Waals surface area (Å²) in [5.41, 5.74) is 1.49. The summed E-state index contributed by atoms with van der Waals surface area (Å²) in [7, 11) is -1.67. The molecule has 0 atom stereocenters. The van der Waals surface area contributed by atoms with E-state index in [4.69, 9.17) is 4.74 Å². The fraction of sp³-hybridized carbons (Fsp3) is 0.652. The van der Waals surface area contributed by atoms with Crippen LogP contribution in [0.1, 0.15) is 38.4 Å². The lowest BCUT2D eigenvalue weighted by molar-refractivity contribution is -0.122. The van der Waals surface area contributed by atoms with Crippen molar-refractivity contribution in [3.63, 3.8) is 0 Å². The van der Waals surface area contributed by atoms with E-state index in [1.165, 1.54) is 4.31 Å². The van der Waals surface area contributed by atoms with Crippen LogP contribution in [0.5, 0.6) is 0 Å². The Hall–Kier alpha value is -2.01. The van der Waals surface area contributed by atoms with Gasteiger partial charge in [0.2, 0.25) is 15.9 Å². The fourth-order valence-corrected chi connectivity index (χ4v) is 6.12. The number of piperidine rings is 1. The van der Waals surface area contributed by atoms with Gasteiger partial charge >= 0.3 is 0 Å². The number of carbonyl (C=O) groups excluding carboxylic acids is 1. The maximum Gasteiger partial charge on any atom is 0.243 e. The second kappa shape index (κ2) is 10.5. The van der Waals surface area contributed by atoms with Crippen molar-refractivity contribution in [1.29, 1.82) is 0 Å². The van der Waals surface area contributed by atoms with Crippen LogP contribution in [-0.2, 0) is 33.0 Å². The first-order chi connectivity index (χ1) is 15.9. The number of carbonyl (C=O) groups is 1. The van der Waals surface area contributed by atoms with Crippen molar-refractivity contribution >= 4 is 27.0 Å². The zero-order chi connectivity index (χ0) is 23.4. The molecule has 0 bridgehead atoms. The van der Waals surface area contributed by atoms with Crippen molar-refractivity contribution in [2.24, 2.45) is 7.05 Å². The predicted molar refractivity (Wildman–Crippen MR) is 127 cm³/mol. The van der Waals surface area contributed by atoms with Gasteiger partial charge in [-0.2, -0.15) is 4.31 Å². The van der Waals surface area contributed by atoms with Gasteiger partial charge < -0.3 is 19.5 Å². The summed E-state index contributed by atoms with van der Waals surface area (Å²) in [4.78, 5) is 19.9. The molecule has 2 aromatic rings. The average molecular weight is 478 g/mol. The number of morpholine rings is 1. The first-order valence-electron chi connectivity index (χ1n) is 11.9. The lowest BCUT2D eigenvalue weighted by Crippen LogP contribution is -2.44.